The van der Waals surface area contributed by atoms with E-state index in [0.717, 1.165) is 28.9 Å². The first-order valence-corrected chi connectivity index (χ1v) is 19.7. The molecule has 5 atom stereocenters. The maximum Gasteiger partial charge on any atom is 0.186 e. The first-order valence-electron chi connectivity index (χ1n) is 19.7. The third kappa shape index (κ3) is 12.4. The molecule has 0 spiro atoms. The molecule has 282 valence electrons. The lowest BCUT2D eigenvalue weighted by Gasteiger charge is -2.42. The van der Waals surface area contributed by atoms with Gasteiger partial charge < -0.3 is 34.3 Å². The van der Waals surface area contributed by atoms with Gasteiger partial charge in [0.2, 0.25) is 0 Å². The molecule has 0 bridgehead atoms. The maximum atomic E-state index is 10.8. The minimum Gasteiger partial charge on any atom is -0.494 e. The summed E-state index contributed by atoms with van der Waals surface area (Å²) in [5, 5.41) is 31.6. The van der Waals surface area contributed by atoms with Gasteiger partial charge in [-0.1, -0.05) is 176 Å². The molecule has 1 fully saturated rings. The molecule has 0 unspecified atom stereocenters. The van der Waals surface area contributed by atoms with Crippen LogP contribution in [0.25, 0.3) is 0 Å². The third-order valence-corrected chi connectivity index (χ3v) is 10.3. The van der Waals surface area contributed by atoms with Gasteiger partial charge in [-0.2, -0.15) is 0 Å². The van der Waals surface area contributed by atoms with Crippen molar-refractivity contribution in [3.8, 4) is 5.75 Å². The molecule has 1 saturated heterocycles. The highest BCUT2D eigenvalue weighted by Crippen LogP contribution is 2.41. The Kier molecular flexibility index (Phi) is 18.5. The molecular formula is C44H64O7. The molecule has 0 amide bonds. The maximum absolute atomic E-state index is 10.8. The molecular weight excluding hydrogens is 640 g/mol. The first kappa shape index (κ1) is 41.0. The van der Waals surface area contributed by atoms with Crippen LogP contribution in [0.1, 0.15) is 126 Å². The van der Waals surface area contributed by atoms with E-state index < -0.39 is 36.3 Å². The minimum atomic E-state index is -1.44. The van der Waals surface area contributed by atoms with Crippen molar-refractivity contribution >= 4 is 0 Å². The van der Waals surface area contributed by atoms with Crippen LogP contribution in [0, 0.1) is 0 Å². The summed E-state index contributed by atoms with van der Waals surface area (Å²) in [4.78, 5) is 0. The summed E-state index contributed by atoms with van der Waals surface area (Å²) in [6.45, 7) is 2.89. The van der Waals surface area contributed by atoms with E-state index in [0.29, 0.717) is 6.61 Å². The molecule has 4 rings (SSSR count). The van der Waals surface area contributed by atoms with Gasteiger partial charge in [0.15, 0.2) is 6.29 Å². The Morgan fingerprint density at radius 1 is 0.549 bits per heavy atom. The topological polar surface area (TPSA) is 97.6 Å². The second kappa shape index (κ2) is 23.0. The molecule has 1 aliphatic heterocycles. The molecule has 0 saturated carbocycles. The van der Waals surface area contributed by atoms with E-state index in [2.05, 4.69) is 6.92 Å². The molecule has 3 aromatic rings. The highest BCUT2D eigenvalue weighted by molar-refractivity contribution is 5.48. The molecule has 0 radical (unpaired) electrons. The zero-order valence-corrected chi connectivity index (χ0v) is 31.2. The first-order chi connectivity index (χ1) is 25.0. The smallest absolute Gasteiger partial charge is 0.186 e. The summed E-state index contributed by atoms with van der Waals surface area (Å²) in [5.74, 6) is 0.806. The van der Waals surface area contributed by atoms with Crippen molar-refractivity contribution in [2.45, 2.75) is 146 Å². The van der Waals surface area contributed by atoms with Crippen LogP contribution in [0.15, 0.2) is 84.9 Å². The predicted octanol–water partition coefficient (Wildman–Crippen LogP) is 9.09. The molecule has 1 heterocycles. The average molecular weight is 705 g/mol. The van der Waals surface area contributed by atoms with Gasteiger partial charge >= 0.3 is 0 Å². The number of hydrogen-bond acceptors (Lipinski definition) is 7. The quantitative estimate of drug-likeness (QED) is 0.0598. The number of ether oxygens (including phenoxy) is 4. The number of benzene rings is 3. The van der Waals surface area contributed by atoms with Crippen LogP contribution in [0.4, 0.5) is 0 Å². The number of unbranched alkanes of at least 4 members (excludes halogenated alkanes) is 15. The normalized spacial score (nSPS) is 20.8. The van der Waals surface area contributed by atoms with E-state index in [1.165, 1.54) is 103 Å². The van der Waals surface area contributed by atoms with E-state index in [1.54, 1.807) is 0 Å². The van der Waals surface area contributed by atoms with E-state index in [-0.39, 0.29) is 6.61 Å². The van der Waals surface area contributed by atoms with Gasteiger partial charge in [-0.3, -0.25) is 0 Å². The van der Waals surface area contributed by atoms with Gasteiger partial charge in [0.05, 0.1) is 13.2 Å². The molecule has 7 nitrogen and oxygen atoms in total. The molecule has 0 aromatic heterocycles. The lowest BCUT2D eigenvalue weighted by atomic mass is 9.80. The Morgan fingerprint density at radius 3 is 1.47 bits per heavy atom. The summed E-state index contributed by atoms with van der Waals surface area (Å²) < 4.78 is 24.1. The van der Waals surface area contributed by atoms with Gasteiger partial charge in [0.1, 0.15) is 35.8 Å². The van der Waals surface area contributed by atoms with Gasteiger partial charge in [0, 0.05) is 7.11 Å². The SMILES string of the molecule is CCCCCCCCCCCCCCCCCCOc1ccc(C(OC[C@H]2O[C@H](OC)[C@H](O)[C@@H](O)[C@@H]2O)(c2ccccc2)c2ccccc2)cc1. The summed E-state index contributed by atoms with van der Waals surface area (Å²) in [5.41, 5.74) is 1.60. The highest BCUT2D eigenvalue weighted by Gasteiger charge is 2.46. The predicted molar refractivity (Wildman–Crippen MR) is 204 cm³/mol. The lowest BCUT2D eigenvalue weighted by molar-refractivity contribution is -0.299. The largest absolute Gasteiger partial charge is 0.494 e. The number of hydrogen-bond donors (Lipinski definition) is 3. The summed E-state index contributed by atoms with van der Waals surface area (Å²) >= 11 is 0. The Hall–Kier alpha value is -2.78. The fourth-order valence-electron chi connectivity index (χ4n) is 7.18. The molecule has 1 aliphatic rings. The van der Waals surface area contributed by atoms with Crippen molar-refractivity contribution in [2.75, 3.05) is 20.3 Å². The van der Waals surface area contributed by atoms with E-state index in [4.69, 9.17) is 18.9 Å². The summed E-state index contributed by atoms with van der Waals surface area (Å²) in [6, 6.07) is 27.9. The van der Waals surface area contributed by atoms with Crippen molar-refractivity contribution in [1.29, 1.82) is 0 Å². The van der Waals surface area contributed by atoms with Crippen LogP contribution in [0.2, 0.25) is 0 Å². The number of aliphatic hydroxyl groups is 3. The number of rotatable bonds is 25. The van der Waals surface area contributed by atoms with Gasteiger partial charge in [-0.05, 0) is 35.2 Å². The zero-order valence-electron chi connectivity index (χ0n) is 31.2. The van der Waals surface area contributed by atoms with Crippen LogP contribution in [0.5, 0.6) is 5.75 Å². The van der Waals surface area contributed by atoms with E-state index in [9.17, 15) is 15.3 Å². The van der Waals surface area contributed by atoms with Crippen molar-refractivity contribution in [3.05, 3.63) is 102 Å². The third-order valence-electron chi connectivity index (χ3n) is 10.3. The molecule has 0 aliphatic carbocycles. The molecule has 3 aromatic carbocycles. The molecule has 51 heavy (non-hydrogen) atoms. The summed E-state index contributed by atoms with van der Waals surface area (Å²) in [7, 11) is 1.39. The molecule has 7 heteroatoms. The lowest BCUT2D eigenvalue weighted by Crippen LogP contribution is -2.59. The van der Waals surface area contributed by atoms with Crippen molar-refractivity contribution in [3.63, 3.8) is 0 Å². The average Bonchev–Trinajstić information content (AvgIpc) is 3.17. The van der Waals surface area contributed by atoms with E-state index >= 15 is 0 Å². The van der Waals surface area contributed by atoms with Gasteiger partial charge in [-0.15, -0.1) is 0 Å². The van der Waals surface area contributed by atoms with Crippen LogP contribution >= 0.6 is 0 Å². The fraction of sp³-hybridized carbons (Fsp3) is 0.591. The standard InChI is InChI=1S/C44H64O7/c1-3-4-5-6-7-8-9-10-11-12-13-14-15-16-17-24-33-49-38-31-29-37(30-32-38)44(35-25-20-18-21-26-35,36-27-22-19-23-28-36)50-34-39-40(45)41(46)42(47)43(48-2)51-39/h18-23,25-32,39-43,45-47H,3-17,24,33-34H2,1-2H3/t39-,40-,41+,42-,43+/m1/s1. The fourth-order valence-corrected chi connectivity index (χ4v) is 7.18. The van der Waals surface area contributed by atoms with Gasteiger partial charge in [0.25, 0.3) is 0 Å². The van der Waals surface area contributed by atoms with Crippen molar-refractivity contribution in [1.82, 2.24) is 0 Å². The van der Waals surface area contributed by atoms with Crippen LogP contribution in [-0.4, -0.2) is 66.3 Å². The second-order valence-electron chi connectivity index (χ2n) is 14.2. The Morgan fingerprint density at radius 2 is 1.00 bits per heavy atom. The van der Waals surface area contributed by atoms with Crippen molar-refractivity contribution < 1.29 is 34.3 Å². The highest BCUT2D eigenvalue weighted by atomic mass is 16.7. The number of methoxy groups -OCH3 is 1. The molecule has 3 N–H and O–H groups in total. The Bertz CT molecular complexity index is 1260. The second-order valence-corrected chi connectivity index (χ2v) is 14.2. The summed E-state index contributed by atoms with van der Waals surface area (Å²) in [6.07, 6.45) is 15.3. The number of aliphatic hydroxyl groups excluding tert-OH is 3. The van der Waals surface area contributed by atoms with Crippen molar-refractivity contribution in [2.24, 2.45) is 0 Å². The van der Waals surface area contributed by atoms with Crippen LogP contribution in [-0.2, 0) is 19.8 Å². The monoisotopic (exact) mass is 704 g/mol. The zero-order chi connectivity index (χ0) is 36.2. The Labute approximate surface area is 307 Å². The van der Waals surface area contributed by atoms with Crippen LogP contribution in [0.3, 0.4) is 0 Å². The minimum absolute atomic E-state index is 0.0773. The van der Waals surface area contributed by atoms with Gasteiger partial charge in [-0.25, -0.2) is 0 Å². The Balaban J connectivity index is 1.28. The van der Waals surface area contributed by atoms with E-state index in [1.807, 2.05) is 84.9 Å². The van der Waals surface area contributed by atoms with Crippen LogP contribution < -0.4 is 4.74 Å².